The number of rotatable bonds is 8. The molecule has 0 saturated carbocycles. The Morgan fingerprint density at radius 3 is 1.98 bits per heavy atom. The van der Waals surface area contributed by atoms with Crippen molar-refractivity contribution >= 4 is 33.4 Å². The van der Waals surface area contributed by atoms with Gasteiger partial charge < -0.3 is 15.1 Å². The van der Waals surface area contributed by atoms with Crippen molar-refractivity contribution in [3.8, 4) is 11.4 Å². The lowest BCUT2D eigenvalue weighted by molar-refractivity contribution is -0.139. The van der Waals surface area contributed by atoms with Crippen molar-refractivity contribution in [1.29, 1.82) is 0 Å². The molecule has 0 radical (unpaired) electrons. The number of hydrogen-bond donors (Lipinski definition) is 4. The summed E-state index contributed by atoms with van der Waals surface area (Å²) in [6.07, 6.45) is 3.87. The second-order valence-electron chi connectivity index (χ2n) is 11.4. The van der Waals surface area contributed by atoms with E-state index in [1.165, 1.54) is 9.36 Å². The first-order valence-corrected chi connectivity index (χ1v) is 14.8. The topological polar surface area (TPSA) is 136 Å². The second kappa shape index (κ2) is 10.9. The second-order valence-corrected chi connectivity index (χ2v) is 11.4. The number of benzene rings is 4. The van der Waals surface area contributed by atoms with E-state index >= 15 is 0 Å². The highest BCUT2D eigenvalue weighted by atomic mass is 16.3. The molecule has 1 aliphatic rings. The third kappa shape index (κ3) is 4.54. The first kappa shape index (κ1) is 28.3. The Morgan fingerprint density at radius 2 is 1.38 bits per heavy atom. The van der Waals surface area contributed by atoms with Crippen molar-refractivity contribution in [2.45, 2.75) is 25.5 Å². The van der Waals surface area contributed by atoms with E-state index < -0.39 is 17.4 Å². The molecule has 0 aliphatic carbocycles. The van der Waals surface area contributed by atoms with Crippen molar-refractivity contribution in [1.82, 2.24) is 19.6 Å². The zero-order valence-corrected chi connectivity index (χ0v) is 24.5. The Kier molecular flexibility index (Phi) is 6.87. The highest BCUT2D eigenvalue weighted by Crippen LogP contribution is 2.46. The fourth-order valence-corrected chi connectivity index (χ4v) is 6.16. The van der Waals surface area contributed by atoms with E-state index in [9.17, 15) is 24.6 Å². The number of para-hydroxylation sites is 2. The minimum absolute atomic E-state index is 0.0492. The van der Waals surface area contributed by atoms with Crippen LogP contribution in [-0.4, -0.2) is 42.3 Å². The van der Waals surface area contributed by atoms with Crippen LogP contribution in [0.4, 0.5) is 5.69 Å². The predicted molar refractivity (Wildman–Crippen MR) is 173 cm³/mol. The van der Waals surface area contributed by atoms with Crippen LogP contribution in [0.3, 0.4) is 0 Å². The van der Waals surface area contributed by atoms with Crippen LogP contribution in [-0.2, 0) is 16.9 Å². The Balaban J connectivity index is 1.27. The van der Waals surface area contributed by atoms with Crippen molar-refractivity contribution in [2.24, 2.45) is 5.92 Å². The number of aromatic amines is 2. The molecule has 45 heavy (non-hydrogen) atoms. The van der Waals surface area contributed by atoms with Crippen molar-refractivity contribution in [2.75, 3.05) is 11.5 Å². The number of aromatic nitrogens is 4. The summed E-state index contributed by atoms with van der Waals surface area (Å²) in [5.41, 5.74) is 1.97. The summed E-state index contributed by atoms with van der Waals surface area (Å²) in [4.78, 5) is 41.8. The molecule has 0 bridgehead atoms. The third-order valence-corrected chi connectivity index (χ3v) is 8.61. The van der Waals surface area contributed by atoms with Crippen molar-refractivity contribution < 1.29 is 15.0 Å². The van der Waals surface area contributed by atoms with E-state index in [-0.39, 0.29) is 24.3 Å². The zero-order valence-electron chi connectivity index (χ0n) is 24.5. The first-order chi connectivity index (χ1) is 21.8. The van der Waals surface area contributed by atoms with Gasteiger partial charge in [0.1, 0.15) is 0 Å². The number of H-pyrrole nitrogens is 2. The summed E-state index contributed by atoms with van der Waals surface area (Å²) in [5.74, 6) is -1.12. The summed E-state index contributed by atoms with van der Waals surface area (Å²) >= 11 is 0. The monoisotopic (exact) mass is 601 g/mol. The summed E-state index contributed by atoms with van der Waals surface area (Å²) in [6, 6.07) is 27.0. The van der Waals surface area contributed by atoms with Gasteiger partial charge in [0.05, 0.1) is 45.4 Å². The lowest BCUT2D eigenvalue weighted by Gasteiger charge is -2.28. The number of aliphatic hydroxyl groups is 2. The van der Waals surface area contributed by atoms with Crippen LogP contribution < -0.4 is 16.0 Å². The Labute approximate surface area is 257 Å². The van der Waals surface area contributed by atoms with Gasteiger partial charge in [-0.3, -0.25) is 24.6 Å². The standard InChI is InChI=1S/C35H31N5O5/c1-22(8-6-7-19-41)35(45)28-20-25(40-33(43)27-10-3-5-12-30(27)37-40)17-18-31(28)38(34(35)44)21-23-13-15-24(16-14-23)39-32(42)26-9-2-4-11-29(26)36-39/h2-6,8-18,20,22,36-37,41,45H,7,19,21H2,1H3/b8-6+/t22-,35+/m0/s1. The summed E-state index contributed by atoms with van der Waals surface area (Å²) in [6.45, 7) is 1.88. The normalized spacial score (nSPS) is 17.1. The molecule has 6 aromatic rings. The van der Waals surface area contributed by atoms with E-state index in [4.69, 9.17) is 0 Å². The van der Waals surface area contributed by atoms with Gasteiger partial charge in [-0.25, -0.2) is 9.36 Å². The minimum Gasteiger partial charge on any atom is -0.396 e. The molecule has 3 heterocycles. The van der Waals surface area contributed by atoms with Gasteiger partial charge in [-0.2, -0.15) is 0 Å². The number of aliphatic hydroxyl groups excluding tert-OH is 1. The maximum Gasteiger partial charge on any atom is 0.279 e. The molecule has 4 aromatic carbocycles. The summed E-state index contributed by atoms with van der Waals surface area (Å²) < 4.78 is 2.90. The highest BCUT2D eigenvalue weighted by Gasteiger charge is 2.52. The fraction of sp³-hybridized carbons (Fsp3) is 0.171. The molecule has 0 unspecified atom stereocenters. The van der Waals surface area contributed by atoms with E-state index in [1.54, 1.807) is 60.4 Å². The average molecular weight is 602 g/mol. The van der Waals surface area contributed by atoms with E-state index in [0.717, 1.165) is 11.1 Å². The molecule has 226 valence electrons. The van der Waals surface area contributed by atoms with Gasteiger partial charge in [-0.1, -0.05) is 55.5 Å². The van der Waals surface area contributed by atoms with Crippen LogP contribution in [0.1, 0.15) is 24.5 Å². The number of carbonyl (C=O) groups excluding carboxylic acids is 1. The maximum absolute atomic E-state index is 14.1. The van der Waals surface area contributed by atoms with E-state index in [2.05, 4.69) is 10.2 Å². The smallest absolute Gasteiger partial charge is 0.279 e. The molecular weight excluding hydrogens is 570 g/mol. The number of nitrogens with zero attached hydrogens (tertiary/aromatic N) is 3. The van der Waals surface area contributed by atoms with Crippen LogP contribution >= 0.6 is 0 Å². The molecule has 1 aliphatic heterocycles. The quantitative estimate of drug-likeness (QED) is 0.193. The van der Waals surface area contributed by atoms with Crippen molar-refractivity contribution in [3.63, 3.8) is 0 Å². The molecule has 2 aromatic heterocycles. The molecular formula is C35H31N5O5. The van der Waals surface area contributed by atoms with Crippen LogP contribution in [0.25, 0.3) is 33.2 Å². The minimum atomic E-state index is -1.91. The number of hydrogen-bond acceptors (Lipinski definition) is 5. The predicted octanol–water partition coefficient (Wildman–Crippen LogP) is 4.26. The largest absolute Gasteiger partial charge is 0.396 e. The molecule has 10 nitrogen and oxygen atoms in total. The number of amides is 1. The summed E-state index contributed by atoms with van der Waals surface area (Å²) in [5, 5.41) is 28.8. The van der Waals surface area contributed by atoms with Crippen LogP contribution in [0.2, 0.25) is 0 Å². The van der Waals surface area contributed by atoms with Gasteiger partial charge >= 0.3 is 0 Å². The van der Waals surface area contributed by atoms with Crippen LogP contribution in [0, 0.1) is 5.92 Å². The van der Waals surface area contributed by atoms with Gasteiger partial charge in [-0.05, 0) is 66.6 Å². The van der Waals surface area contributed by atoms with Gasteiger partial charge in [0.15, 0.2) is 5.60 Å². The Bertz CT molecular complexity index is 2220. The van der Waals surface area contributed by atoms with E-state index in [1.807, 2.05) is 54.6 Å². The van der Waals surface area contributed by atoms with Gasteiger partial charge in [0, 0.05) is 18.1 Å². The molecule has 0 saturated heterocycles. The molecule has 1 amide bonds. The average Bonchev–Trinajstić information content (AvgIpc) is 3.66. The number of carbonyl (C=O) groups is 1. The SMILES string of the molecule is C[C@@H](/C=C/CCO)[C@]1(O)C(=O)N(Cc2ccc(-n3[nH]c4ccccc4c3=O)cc2)c2ccc(-n3[nH]c4ccccc4c3=O)cc21. The number of anilines is 1. The molecule has 0 fully saturated rings. The molecule has 4 N–H and O–H groups in total. The number of fused-ring (bicyclic) bond motifs is 3. The van der Waals surface area contributed by atoms with Crippen LogP contribution in [0.15, 0.2) is 113 Å². The highest BCUT2D eigenvalue weighted by molar-refractivity contribution is 6.07. The first-order valence-electron chi connectivity index (χ1n) is 14.8. The third-order valence-electron chi connectivity index (χ3n) is 8.61. The Morgan fingerprint density at radius 1 is 0.800 bits per heavy atom. The van der Waals surface area contributed by atoms with Gasteiger partial charge in [0.2, 0.25) is 0 Å². The molecule has 10 heteroatoms. The van der Waals surface area contributed by atoms with Gasteiger partial charge in [-0.15, -0.1) is 0 Å². The maximum atomic E-state index is 14.1. The molecule has 0 spiro atoms. The number of nitrogens with one attached hydrogen (secondary N) is 2. The lowest BCUT2D eigenvalue weighted by atomic mass is 9.82. The lowest BCUT2D eigenvalue weighted by Crippen LogP contribution is -2.44. The molecule has 2 atom stereocenters. The fourth-order valence-electron chi connectivity index (χ4n) is 6.16. The molecule has 7 rings (SSSR count). The van der Waals surface area contributed by atoms with Crippen LogP contribution in [0.5, 0.6) is 0 Å². The van der Waals surface area contributed by atoms with Crippen molar-refractivity contribution in [3.05, 3.63) is 135 Å². The summed E-state index contributed by atoms with van der Waals surface area (Å²) in [7, 11) is 0. The zero-order chi connectivity index (χ0) is 31.3. The Hall–Kier alpha value is -5.45. The van der Waals surface area contributed by atoms with Gasteiger partial charge in [0.25, 0.3) is 17.0 Å². The van der Waals surface area contributed by atoms with E-state index in [0.29, 0.717) is 45.3 Å².